The molecule has 1 aromatic carbocycles. The number of carbonyl (C=O) groups is 2. The first kappa shape index (κ1) is 20.6. The van der Waals surface area contributed by atoms with Gasteiger partial charge in [0.1, 0.15) is 11.5 Å². The Morgan fingerprint density at radius 3 is 2.97 bits per heavy atom. The molecule has 3 amide bonds. The van der Waals surface area contributed by atoms with Crippen LogP contribution in [-0.4, -0.2) is 72.3 Å². The summed E-state index contributed by atoms with van der Waals surface area (Å²) < 4.78 is 15.3. The lowest BCUT2D eigenvalue weighted by atomic mass is 10.0. The molecule has 0 radical (unpaired) electrons. The Hall–Kier alpha value is -4.34. The molecular weight excluding hydrogens is 431 g/mol. The van der Waals surface area contributed by atoms with E-state index in [9.17, 15) is 14.0 Å². The van der Waals surface area contributed by atoms with Crippen LogP contribution in [0.2, 0.25) is 0 Å². The van der Waals surface area contributed by atoms with Gasteiger partial charge in [-0.25, -0.2) is 14.0 Å². The van der Waals surface area contributed by atoms with Crippen LogP contribution in [0.4, 0.5) is 20.6 Å². The number of rotatable bonds is 2. The van der Waals surface area contributed by atoms with E-state index in [-0.39, 0.29) is 24.1 Å². The highest BCUT2D eigenvalue weighted by atomic mass is 19.1. The van der Waals surface area contributed by atoms with Crippen molar-refractivity contribution in [2.45, 2.75) is 25.4 Å². The van der Waals surface area contributed by atoms with Crippen LogP contribution >= 0.6 is 0 Å². The second kappa shape index (κ2) is 7.97. The van der Waals surface area contributed by atoms with Crippen LogP contribution in [0.25, 0.3) is 4.85 Å². The van der Waals surface area contributed by atoms with Gasteiger partial charge in [0.05, 0.1) is 31.3 Å². The number of aromatic amines is 1. The highest BCUT2D eigenvalue weighted by molar-refractivity contribution is 5.95. The smallest absolute Gasteiger partial charge is 0.322 e. The quantitative estimate of drug-likeness (QED) is 0.570. The monoisotopic (exact) mass is 450 g/mol. The Labute approximate surface area is 187 Å². The third-order valence-corrected chi connectivity index (χ3v) is 5.87. The number of amides is 3. The molecule has 33 heavy (non-hydrogen) atoms. The molecule has 3 aromatic rings. The molecule has 0 aliphatic carbocycles. The van der Waals surface area contributed by atoms with E-state index in [4.69, 9.17) is 6.57 Å². The molecule has 0 saturated carbocycles. The van der Waals surface area contributed by atoms with E-state index >= 15 is 0 Å². The summed E-state index contributed by atoms with van der Waals surface area (Å²) in [5, 5.41) is 21.5. The largest absolute Gasteiger partial charge is 0.340 e. The Morgan fingerprint density at radius 1 is 1.36 bits per heavy atom. The van der Waals surface area contributed by atoms with E-state index in [1.807, 2.05) is 0 Å². The number of anilines is 1. The first-order chi connectivity index (χ1) is 15.9. The Kier molecular flexibility index (Phi) is 4.97. The minimum Gasteiger partial charge on any atom is -0.340 e. The number of likely N-dealkylation sites (N-methyl/N-ethyl adjacent to an activating group) is 1. The highest BCUT2D eigenvalue weighted by Gasteiger charge is 2.36. The van der Waals surface area contributed by atoms with Gasteiger partial charge in [-0.15, -0.1) is 10.2 Å². The molecule has 12 nitrogen and oxygen atoms in total. The van der Waals surface area contributed by atoms with Gasteiger partial charge < -0.3 is 15.1 Å². The zero-order valence-corrected chi connectivity index (χ0v) is 17.6. The molecule has 0 saturated heterocycles. The van der Waals surface area contributed by atoms with Gasteiger partial charge in [0.15, 0.2) is 5.82 Å². The normalized spacial score (nSPS) is 17.7. The first-order valence-electron chi connectivity index (χ1n) is 10.2. The Balaban J connectivity index is 1.39. The van der Waals surface area contributed by atoms with E-state index in [1.54, 1.807) is 21.5 Å². The molecule has 2 aliphatic heterocycles. The molecule has 1 unspecified atom stereocenters. The zero-order valence-electron chi connectivity index (χ0n) is 17.6. The van der Waals surface area contributed by atoms with Crippen molar-refractivity contribution in [2.24, 2.45) is 0 Å². The summed E-state index contributed by atoms with van der Waals surface area (Å²) >= 11 is 0. The minimum atomic E-state index is -0.644. The third kappa shape index (κ3) is 3.65. The highest BCUT2D eigenvalue weighted by Crippen LogP contribution is 2.29. The van der Waals surface area contributed by atoms with E-state index in [2.05, 4.69) is 35.9 Å². The Morgan fingerprint density at radius 2 is 2.21 bits per heavy atom. The summed E-state index contributed by atoms with van der Waals surface area (Å²) in [6.45, 7) is 8.47. The fourth-order valence-corrected chi connectivity index (χ4v) is 4.22. The molecule has 2 N–H and O–H groups in total. The van der Waals surface area contributed by atoms with Crippen molar-refractivity contribution in [1.82, 2.24) is 40.2 Å². The lowest BCUT2D eigenvalue weighted by Crippen LogP contribution is -2.39. The summed E-state index contributed by atoms with van der Waals surface area (Å²) in [6.07, 6.45) is 0.489. The van der Waals surface area contributed by atoms with Gasteiger partial charge in [0, 0.05) is 37.8 Å². The number of carbonyl (C=O) groups excluding carboxylic acids is 2. The van der Waals surface area contributed by atoms with Crippen molar-refractivity contribution in [3.63, 3.8) is 0 Å². The maximum Gasteiger partial charge on any atom is 0.322 e. The number of urea groups is 1. The van der Waals surface area contributed by atoms with Crippen molar-refractivity contribution in [2.75, 3.05) is 25.5 Å². The van der Waals surface area contributed by atoms with Crippen LogP contribution in [0.3, 0.4) is 0 Å². The van der Waals surface area contributed by atoms with Crippen molar-refractivity contribution in [1.29, 1.82) is 0 Å². The molecule has 1 atom stereocenters. The second-order valence-corrected chi connectivity index (χ2v) is 7.99. The van der Waals surface area contributed by atoms with E-state index in [1.165, 1.54) is 12.1 Å². The molecule has 13 heteroatoms. The molecule has 4 heterocycles. The topological polar surface area (TPSA) is 129 Å². The zero-order chi connectivity index (χ0) is 23.1. The van der Waals surface area contributed by atoms with Crippen LogP contribution < -0.4 is 5.32 Å². The van der Waals surface area contributed by atoms with Gasteiger partial charge in [-0.1, -0.05) is 5.21 Å². The Bertz CT molecular complexity index is 1280. The minimum absolute atomic E-state index is 0.166. The fraction of sp³-hybridized carbons (Fsp3) is 0.350. The van der Waals surface area contributed by atoms with Gasteiger partial charge in [0.25, 0.3) is 5.91 Å². The molecule has 5 rings (SSSR count). The summed E-state index contributed by atoms with van der Waals surface area (Å²) in [6, 6.07) is 3.43. The average molecular weight is 450 g/mol. The van der Waals surface area contributed by atoms with E-state index in [0.29, 0.717) is 48.8 Å². The van der Waals surface area contributed by atoms with Crippen LogP contribution in [0.15, 0.2) is 18.2 Å². The number of tetrazole rings is 1. The van der Waals surface area contributed by atoms with Crippen molar-refractivity contribution in [3.05, 3.63) is 58.2 Å². The fourth-order valence-electron chi connectivity index (χ4n) is 4.22. The molecule has 2 aliphatic rings. The lowest BCUT2D eigenvalue weighted by Gasteiger charge is -2.27. The number of aromatic nitrogens is 6. The molecule has 0 spiro atoms. The lowest BCUT2D eigenvalue weighted by molar-refractivity contribution is 0.0788. The average Bonchev–Trinajstić information content (AvgIpc) is 3.44. The van der Waals surface area contributed by atoms with Gasteiger partial charge in [-0.05, 0) is 18.2 Å². The van der Waals surface area contributed by atoms with Crippen LogP contribution in [0.5, 0.6) is 0 Å². The number of fused-ring (bicyclic) bond motifs is 3. The van der Waals surface area contributed by atoms with Crippen LogP contribution in [0.1, 0.15) is 33.5 Å². The van der Waals surface area contributed by atoms with Crippen LogP contribution in [0, 0.1) is 12.4 Å². The number of benzene rings is 1. The molecule has 2 aromatic heterocycles. The first-order valence-corrected chi connectivity index (χ1v) is 10.2. The summed E-state index contributed by atoms with van der Waals surface area (Å²) in [4.78, 5) is 32.3. The maximum absolute atomic E-state index is 13.6. The number of hydrogen-bond acceptors (Lipinski definition) is 6. The number of hydrogen-bond donors (Lipinski definition) is 2. The maximum atomic E-state index is 13.6. The summed E-state index contributed by atoms with van der Waals surface area (Å²) in [7, 11) is 1.71. The molecule has 168 valence electrons. The summed E-state index contributed by atoms with van der Waals surface area (Å²) in [5.41, 5.74) is 2.10. The predicted molar refractivity (Wildman–Crippen MR) is 112 cm³/mol. The number of nitrogens with zero attached hydrogens (tertiary/aromatic N) is 8. The van der Waals surface area contributed by atoms with Gasteiger partial charge in [0.2, 0.25) is 5.69 Å². The van der Waals surface area contributed by atoms with Crippen LogP contribution in [-0.2, 0) is 19.5 Å². The second-order valence-electron chi connectivity index (χ2n) is 7.99. The van der Waals surface area contributed by atoms with Gasteiger partial charge >= 0.3 is 6.03 Å². The number of nitrogens with one attached hydrogen (secondary N) is 2. The van der Waals surface area contributed by atoms with E-state index < -0.39 is 11.8 Å². The third-order valence-electron chi connectivity index (χ3n) is 5.87. The van der Waals surface area contributed by atoms with E-state index in [0.717, 1.165) is 11.8 Å². The number of halogens is 1. The molecule has 0 fully saturated rings. The van der Waals surface area contributed by atoms with Crippen molar-refractivity contribution < 1.29 is 14.0 Å². The molecular formula is C20H19FN10O2. The number of H-pyrrole nitrogens is 1. The molecule has 0 bridgehead atoms. The SMILES string of the molecule is [C-]#[N+]c1cc(NC(=O)N2CCc3nn4c(c3C2)C(=O)N(C)CC(c2nn[nH]n2)C4)ccc1F. The van der Waals surface area contributed by atoms with Gasteiger partial charge in [-0.2, -0.15) is 10.3 Å². The summed E-state index contributed by atoms with van der Waals surface area (Å²) in [5.74, 6) is -0.489. The van der Waals surface area contributed by atoms with Crippen molar-refractivity contribution in [3.8, 4) is 0 Å². The predicted octanol–water partition coefficient (Wildman–Crippen LogP) is 1.55. The standard InChI is InChI=1S/C20H19FN10O2/c1-22-16-7-12(3-4-14(16)21)23-20(33)30-6-5-15-13(10-30)17-19(32)29(2)8-11(9-31(17)26-15)18-24-27-28-25-18/h3-4,7,11H,5-6,8-10H2,2H3,(H,23,33)(H,24,25,27,28). The van der Waals surface area contributed by atoms with Crippen molar-refractivity contribution >= 4 is 23.3 Å². The van der Waals surface area contributed by atoms with Gasteiger partial charge in [-0.3, -0.25) is 9.48 Å².